The molecule has 0 radical (unpaired) electrons. The molecule has 4 aromatic rings. The predicted molar refractivity (Wildman–Crippen MR) is 124 cm³/mol. The average Bonchev–Trinajstić information content (AvgIpc) is 3.34. The number of thiazole rings is 2. The van der Waals surface area contributed by atoms with Crippen LogP contribution in [0, 0.1) is 0 Å². The Labute approximate surface area is 183 Å². The molecule has 5 rings (SSSR count). The van der Waals surface area contributed by atoms with Gasteiger partial charge in [0.25, 0.3) is 0 Å². The Kier molecular flexibility index (Phi) is 5.33. The zero-order valence-electron chi connectivity index (χ0n) is 16.7. The Morgan fingerprint density at radius 3 is 2.83 bits per heavy atom. The lowest BCUT2D eigenvalue weighted by molar-refractivity contribution is -0.114. The van der Waals surface area contributed by atoms with Gasteiger partial charge in [-0.15, -0.1) is 11.3 Å². The van der Waals surface area contributed by atoms with Gasteiger partial charge in [0.1, 0.15) is 0 Å². The molecule has 1 aliphatic heterocycles. The van der Waals surface area contributed by atoms with Crippen LogP contribution in [0.25, 0.3) is 20.7 Å². The molecule has 0 unspecified atom stereocenters. The lowest BCUT2D eigenvalue weighted by Gasteiger charge is -2.19. The summed E-state index contributed by atoms with van der Waals surface area (Å²) in [6, 6.07) is 13.4. The summed E-state index contributed by atoms with van der Waals surface area (Å²) in [7, 11) is 0. The molecule has 0 aliphatic carbocycles. The Morgan fingerprint density at radius 1 is 1.10 bits per heavy atom. The van der Waals surface area contributed by atoms with Crippen molar-refractivity contribution in [1.29, 1.82) is 0 Å². The molecule has 1 N–H and O–H groups in total. The molecule has 7 heteroatoms. The molecule has 0 fully saturated rings. The summed E-state index contributed by atoms with van der Waals surface area (Å²) in [5.41, 5.74) is 8.36. The second kappa shape index (κ2) is 8.26. The number of nitrogens with one attached hydrogen (secondary N) is 1. The third-order valence-electron chi connectivity index (χ3n) is 5.48. The van der Waals surface area contributed by atoms with Gasteiger partial charge in [0.15, 0.2) is 5.13 Å². The minimum absolute atomic E-state index is 0.0909. The van der Waals surface area contributed by atoms with E-state index in [1.54, 1.807) is 11.3 Å². The van der Waals surface area contributed by atoms with Crippen LogP contribution in [0.2, 0.25) is 0 Å². The second-order valence-corrected chi connectivity index (χ2v) is 9.54. The lowest BCUT2D eigenvalue weighted by Crippen LogP contribution is -2.25. The molecule has 0 bridgehead atoms. The summed E-state index contributed by atoms with van der Waals surface area (Å²) in [6.45, 7) is 4.58. The lowest BCUT2D eigenvalue weighted by atomic mass is 10.00. The Balaban J connectivity index is 1.30. The maximum atomic E-state index is 11.2. The number of nitrogens with zero attached hydrogens (tertiary/aromatic N) is 3. The van der Waals surface area contributed by atoms with Gasteiger partial charge in [0.2, 0.25) is 5.91 Å². The highest BCUT2D eigenvalue weighted by atomic mass is 32.1. The van der Waals surface area contributed by atoms with Gasteiger partial charge in [-0.25, -0.2) is 9.97 Å². The Hall–Kier alpha value is -2.61. The average molecular weight is 435 g/mol. The summed E-state index contributed by atoms with van der Waals surface area (Å²) in [4.78, 5) is 23.6. The van der Waals surface area contributed by atoms with E-state index in [0.29, 0.717) is 5.13 Å². The summed E-state index contributed by atoms with van der Waals surface area (Å²) >= 11 is 3.21. The van der Waals surface area contributed by atoms with Crippen molar-refractivity contribution in [2.75, 3.05) is 18.4 Å². The van der Waals surface area contributed by atoms with Crippen molar-refractivity contribution in [1.82, 2.24) is 14.9 Å². The summed E-state index contributed by atoms with van der Waals surface area (Å²) in [5, 5.41) is 3.41. The van der Waals surface area contributed by atoms with Crippen molar-refractivity contribution in [3.63, 3.8) is 0 Å². The van der Waals surface area contributed by atoms with E-state index in [9.17, 15) is 4.79 Å². The zero-order chi connectivity index (χ0) is 20.5. The van der Waals surface area contributed by atoms with Gasteiger partial charge in [0.05, 0.1) is 20.6 Å². The fourth-order valence-electron chi connectivity index (χ4n) is 3.96. The first kappa shape index (κ1) is 19.4. The highest BCUT2D eigenvalue weighted by Gasteiger charge is 2.16. The molecule has 1 aliphatic rings. The largest absolute Gasteiger partial charge is 0.302 e. The topological polar surface area (TPSA) is 58.1 Å². The number of carbonyl (C=O) groups is 1. The number of hydrogen-bond donors (Lipinski definition) is 1. The number of rotatable bonds is 4. The SMILES string of the molecule is CC(=O)Nc1ncc(-c2ccc3c(c2)CCN(Cc2ccc4scnc4c2)CC3)s1. The highest BCUT2D eigenvalue weighted by molar-refractivity contribution is 7.19. The van der Waals surface area contributed by atoms with E-state index in [4.69, 9.17) is 0 Å². The number of carbonyl (C=O) groups excluding carboxylic acids is 1. The molecule has 0 saturated carbocycles. The van der Waals surface area contributed by atoms with Gasteiger partial charge >= 0.3 is 0 Å². The van der Waals surface area contributed by atoms with Crippen LogP contribution in [0.5, 0.6) is 0 Å². The Morgan fingerprint density at radius 2 is 1.97 bits per heavy atom. The summed E-state index contributed by atoms with van der Waals surface area (Å²) < 4.78 is 1.25. The van der Waals surface area contributed by atoms with Crippen LogP contribution in [0.3, 0.4) is 0 Å². The summed E-state index contributed by atoms with van der Waals surface area (Å²) in [5.74, 6) is -0.0909. The first-order valence-electron chi connectivity index (χ1n) is 10.0. The minimum atomic E-state index is -0.0909. The molecule has 152 valence electrons. The van der Waals surface area contributed by atoms with Crippen LogP contribution in [0.1, 0.15) is 23.6 Å². The van der Waals surface area contributed by atoms with E-state index >= 15 is 0 Å². The van der Waals surface area contributed by atoms with Gasteiger partial charge in [0, 0.05) is 32.8 Å². The fourth-order valence-corrected chi connectivity index (χ4v) is 5.48. The zero-order valence-corrected chi connectivity index (χ0v) is 18.4. The van der Waals surface area contributed by atoms with E-state index in [-0.39, 0.29) is 5.91 Å². The van der Waals surface area contributed by atoms with Gasteiger partial charge in [-0.2, -0.15) is 0 Å². The molecule has 30 heavy (non-hydrogen) atoms. The molecule has 3 heterocycles. The maximum Gasteiger partial charge on any atom is 0.223 e. The maximum absolute atomic E-state index is 11.2. The molecule has 0 saturated heterocycles. The normalized spacial score (nSPS) is 14.4. The third kappa shape index (κ3) is 4.14. The number of aromatic nitrogens is 2. The highest BCUT2D eigenvalue weighted by Crippen LogP contribution is 2.31. The number of benzene rings is 2. The van der Waals surface area contributed by atoms with Crippen molar-refractivity contribution in [2.24, 2.45) is 0 Å². The van der Waals surface area contributed by atoms with Crippen molar-refractivity contribution in [2.45, 2.75) is 26.3 Å². The second-order valence-electron chi connectivity index (χ2n) is 7.62. The molecule has 0 atom stereocenters. The molecular formula is C23H22N4OS2. The quantitative estimate of drug-likeness (QED) is 0.492. The fraction of sp³-hybridized carbons (Fsp3) is 0.261. The number of anilines is 1. The van der Waals surface area contributed by atoms with Crippen LogP contribution >= 0.6 is 22.7 Å². The van der Waals surface area contributed by atoms with Crippen LogP contribution < -0.4 is 5.32 Å². The molecule has 5 nitrogen and oxygen atoms in total. The molecule has 2 aromatic carbocycles. The van der Waals surface area contributed by atoms with Crippen LogP contribution in [0.4, 0.5) is 5.13 Å². The first-order valence-corrected chi connectivity index (χ1v) is 11.7. The van der Waals surface area contributed by atoms with E-state index in [1.807, 2.05) is 11.7 Å². The number of amides is 1. The number of hydrogen-bond acceptors (Lipinski definition) is 6. The van der Waals surface area contributed by atoms with E-state index in [2.05, 4.69) is 56.6 Å². The van der Waals surface area contributed by atoms with Crippen molar-refractivity contribution in [3.8, 4) is 10.4 Å². The first-order chi connectivity index (χ1) is 14.6. The minimum Gasteiger partial charge on any atom is -0.302 e. The van der Waals surface area contributed by atoms with Gasteiger partial charge in [-0.05, 0) is 53.3 Å². The van der Waals surface area contributed by atoms with E-state index in [0.717, 1.165) is 42.9 Å². The van der Waals surface area contributed by atoms with Crippen LogP contribution in [-0.2, 0) is 24.2 Å². The van der Waals surface area contributed by atoms with Crippen molar-refractivity contribution < 1.29 is 4.79 Å². The molecule has 1 amide bonds. The smallest absolute Gasteiger partial charge is 0.223 e. The van der Waals surface area contributed by atoms with Crippen molar-refractivity contribution in [3.05, 3.63) is 64.8 Å². The van der Waals surface area contributed by atoms with Crippen molar-refractivity contribution >= 4 is 43.9 Å². The van der Waals surface area contributed by atoms with Crippen LogP contribution in [-0.4, -0.2) is 33.9 Å². The monoisotopic (exact) mass is 434 g/mol. The molecule has 2 aromatic heterocycles. The van der Waals surface area contributed by atoms with Gasteiger partial charge in [-0.3, -0.25) is 9.69 Å². The predicted octanol–water partition coefficient (Wildman–Crippen LogP) is 4.98. The standard InChI is InChI=1S/C23H22N4OS2/c1-15(28)26-23-24-12-22(30-23)19-4-3-17-6-8-27(9-7-18(17)11-19)13-16-2-5-21-20(10-16)25-14-29-21/h2-5,10-12,14H,6-9,13H2,1H3,(H,24,26,28). The number of fused-ring (bicyclic) bond motifs is 2. The van der Waals surface area contributed by atoms with Gasteiger partial charge in [-0.1, -0.05) is 29.5 Å². The molecule has 0 spiro atoms. The van der Waals surface area contributed by atoms with E-state index < -0.39 is 0 Å². The summed E-state index contributed by atoms with van der Waals surface area (Å²) in [6.07, 6.45) is 3.95. The Bertz CT molecular complexity index is 1210. The van der Waals surface area contributed by atoms with Crippen LogP contribution in [0.15, 0.2) is 48.1 Å². The van der Waals surface area contributed by atoms with E-state index in [1.165, 1.54) is 45.2 Å². The third-order valence-corrected chi connectivity index (χ3v) is 7.25. The van der Waals surface area contributed by atoms with Gasteiger partial charge < -0.3 is 5.32 Å². The molecular weight excluding hydrogens is 412 g/mol.